The number of aromatic nitrogens is 1. The summed E-state index contributed by atoms with van der Waals surface area (Å²) >= 11 is 1.15. The molecule has 0 saturated heterocycles. The fourth-order valence-corrected chi connectivity index (χ4v) is 3.39. The highest BCUT2D eigenvalue weighted by molar-refractivity contribution is 7.99. The number of para-hydroxylation sites is 2. The number of carbonyl (C=O) groups is 2. The maximum atomic E-state index is 12.8. The zero-order valence-corrected chi connectivity index (χ0v) is 14.2. The van der Waals surface area contributed by atoms with Crippen molar-refractivity contribution in [1.29, 1.82) is 0 Å². The van der Waals surface area contributed by atoms with E-state index in [-0.39, 0.29) is 17.6 Å². The number of pyridine rings is 1. The van der Waals surface area contributed by atoms with E-state index >= 15 is 0 Å². The first kappa shape index (κ1) is 16.3. The van der Waals surface area contributed by atoms with Crippen molar-refractivity contribution in [1.82, 2.24) is 0 Å². The van der Waals surface area contributed by atoms with E-state index in [0.717, 1.165) is 16.5 Å². The van der Waals surface area contributed by atoms with Crippen molar-refractivity contribution in [2.24, 2.45) is 0 Å². The van der Waals surface area contributed by atoms with Crippen LogP contribution in [0.5, 0.6) is 0 Å². The summed E-state index contributed by atoms with van der Waals surface area (Å²) in [5.74, 6) is -0.397. The van der Waals surface area contributed by atoms with E-state index in [1.165, 1.54) is 11.1 Å². The molecule has 6 nitrogen and oxygen atoms in total. The maximum absolute atomic E-state index is 12.8. The Hall–Kier alpha value is -2.54. The highest BCUT2D eigenvalue weighted by atomic mass is 32.2. The highest BCUT2D eigenvalue weighted by Crippen LogP contribution is 2.37. The van der Waals surface area contributed by atoms with Gasteiger partial charge in [0.25, 0.3) is 5.03 Å². The van der Waals surface area contributed by atoms with Crippen molar-refractivity contribution in [2.45, 2.75) is 24.4 Å². The van der Waals surface area contributed by atoms with Gasteiger partial charge in [0.1, 0.15) is 5.54 Å². The topological polar surface area (TPSA) is 76.4 Å². The number of fused-ring (bicyclic) bond motifs is 1. The van der Waals surface area contributed by atoms with Crippen LogP contribution in [0.15, 0.2) is 53.7 Å². The average molecular weight is 343 g/mol. The number of nitrogens with one attached hydrogen (secondary N) is 1. The molecule has 0 aliphatic carbocycles. The summed E-state index contributed by atoms with van der Waals surface area (Å²) in [6, 6.07) is 12.2. The van der Waals surface area contributed by atoms with E-state index in [0.29, 0.717) is 16.4 Å². The lowest BCUT2D eigenvalue weighted by Gasteiger charge is -2.42. The summed E-state index contributed by atoms with van der Waals surface area (Å²) in [5.41, 5.74) is 0.269. The summed E-state index contributed by atoms with van der Waals surface area (Å²) in [6.45, 7) is 3.41. The molecule has 124 valence electrons. The fraction of sp³-hybridized carbons (Fsp3) is 0.235. The number of rotatable bonds is 3. The minimum absolute atomic E-state index is 0.0668. The van der Waals surface area contributed by atoms with E-state index in [1.807, 2.05) is 6.07 Å². The number of nitrogens with zero attached hydrogens (tertiary/aromatic N) is 2. The van der Waals surface area contributed by atoms with Crippen molar-refractivity contribution in [3.8, 4) is 0 Å². The molecule has 3 rings (SSSR count). The SMILES string of the molecule is CC1(C)C(=O)Nc2ccccc2N1C(=O)CSc1cccc[n+]1[O-]. The van der Waals surface area contributed by atoms with Gasteiger partial charge < -0.3 is 10.5 Å². The van der Waals surface area contributed by atoms with Crippen LogP contribution in [-0.4, -0.2) is 23.1 Å². The molecular weight excluding hydrogens is 326 g/mol. The Labute approximate surface area is 144 Å². The molecule has 1 aromatic heterocycles. The number of amides is 2. The van der Waals surface area contributed by atoms with Crippen molar-refractivity contribution in [2.75, 3.05) is 16.0 Å². The quantitative estimate of drug-likeness (QED) is 0.526. The first-order valence-corrected chi connectivity index (χ1v) is 8.44. The summed E-state index contributed by atoms with van der Waals surface area (Å²) in [7, 11) is 0. The van der Waals surface area contributed by atoms with Crippen LogP contribution in [0.2, 0.25) is 0 Å². The minimum atomic E-state index is -1.00. The Morgan fingerprint density at radius 3 is 2.71 bits per heavy atom. The summed E-state index contributed by atoms with van der Waals surface area (Å²) in [4.78, 5) is 26.7. The molecule has 24 heavy (non-hydrogen) atoms. The van der Waals surface area contributed by atoms with Crippen LogP contribution in [0, 0.1) is 5.21 Å². The Morgan fingerprint density at radius 2 is 1.96 bits per heavy atom. The predicted molar refractivity (Wildman–Crippen MR) is 92.8 cm³/mol. The third-order valence-electron chi connectivity index (χ3n) is 3.89. The molecule has 0 radical (unpaired) electrons. The third kappa shape index (κ3) is 2.82. The monoisotopic (exact) mass is 343 g/mol. The van der Waals surface area contributed by atoms with E-state index < -0.39 is 5.54 Å². The van der Waals surface area contributed by atoms with E-state index in [4.69, 9.17) is 0 Å². The van der Waals surface area contributed by atoms with Crippen LogP contribution in [0.25, 0.3) is 0 Å². The van der Waals surface area contributed by atoms with Gasteiger partial charge in [0, 0.05) is 12.1 Å². The van der Waals surface area contributed by atoms with Crippen molar-refractivity contribution < 1.29 is 14.3 Å². The molecule has 1 aliphatic heterocycles. The Morgan fingerprint density at radius 1 is 1.25 bits per heavy atom. The van der Waals surface area contributed by atoms with Crippen molar-refractivity contribution >= 4 is 35.0 Å². The first-order chi connectivity index (χ1) is 11.4. The standard InChI is InChI=1S/C17H17N3O3S/c1-17(2)16(22)18-12-7-3-4-8-13(12)20(17)14(21)11-24-15-9-5-6-10-19(15)23/h3-10H,11H2,1-2H3,(H,18,22). The Kier molecular flexibility index (Phi) is 4.19. The Bertz CT molecular complexity index is 807. The second-order valence-corrected chi connectivity index (χ2v) is 6.91. The average Bonchev–Trinajstić information content (AvgIpc) is 2.55. The van der Waals surface area contributed by atoms with Crippen molar-refractivity contribution in [3.05, 3.63) is 53.9 Å². The third-order valence-corrected chi connectivity index (χ3v) is 4.89. The normalized spacial score (nSPS) is 15.6. The summed E-state index contributed by atoms with van der Waals surface area (Å²) in [5, 5.41) is 15.0. The van der Waals surface area contributed by atoms with E-state index in [9.17, 15) is 14.8 Å². The van der Waals surface area contributed by atoms with Gasteiger partial charge >= 0.3 is 0 Å². The fourth-order valence-electron chi connectivity index (χ4n) is 2.62. The molecule has 0 spiro atoms. The Balaban J connectivity index is 1.87. The lowest BCUT2D eigenvalue weighted by molar-refractivity contribution is -0.645. The zero-order valence-electron chi connectivity index (χ0n) is 13.4. The maximum Gasteiger partial charge on any atom is 0.251 e. The van der Waals surface area contributed by atoms with Gasteiger partial charge in [0.2, 0.25) is 11.8 Å². The predicted octanol–water partition coefficient (Wildman–Crippen LogP) is 2.18. The minimum Gasteiger partial charge on any atom is -0.618 e. The van der Waals surface area contributed by atoms with Crippen LogP contribution in [0.3, 0.4) is 0 Å². The van der Waals surface area contributed by atoms with Crippen molar-refractivity contribution in [3.63, 3.8) is 0 Å². The van der Waals surface area contributed by atoms with E-state index in [1.54, 1.807) is 50.2 Å². The van der Waals surface area contributed by atoms with Gasteiger partial charge in [-0.15, -0.1) is 0 Å². The van der Waals surface area contributed by atoms with Crippen LogP contribution in [0.1, 0.15) is 13.8 Å². The van der Waals surface area contributed by atoms with Gasteiger partial charge in [-0.1, -0.05) is 12.1 Å². The summed E-state index contributed by atoms with van der Waals surface area (Å²) in [6.07, 6.45) is 1.39. The molecule has 2 heterocycles. The van der Waals surface area contributed by atoms with E-state index in [2.05, 4.69) is 5.32 Å². The van der Waals surface area contributed by atoms with Gasteiger partial charge in [0.05, 0.1) is 17.1 Å². The number of thioether (sulfide) groups is 1. The second kappa shape index (κ2) is 6.16. The largest absolute Gasteiger partial charge is 0.618 e. The first-order valence-electron chi connectivity index (χ1n) is 7.46. The molecule has 2 amide bonds. The van der Waals surface area contributed by atoms with Gasteiger partial charge in [-0.05, 0) is 43.8 Å². The van der Waals surface area contributed by atoms with Crippen LogP contribution in [-0.2, 0) is 9.59 Å². The molecule has 1 N–H and O–H groups in total. The van der Waals surface area contributed by atoms with Gasteiger partial charge in [-0.25, -0.2) is 0 Å². The molecular formula is C17H17N3O3S. The lowest BCUT2D eigenvalue weighted by Crippen LogP contribution is -2.59. The number of carbonyl (C=O) groups excluding carboxylic acids is 2. The molecule has 0 unspecified atom stereocenters. The van der Waals surface area contributed by atoms with Gasteiger partial charge in [-0.2, -0.15) is 4.73 Å². The highest BCUT2D eigenvalue weighted by Gasteiger charge is 2.43. The molecule has 0 atom stereocenters. The molecule has 1 aliphatic rings. The molecule has 0 fully saturated rings. The van der Waals surface area contributed by atoms with Crippen LogP contribution >= 0.6 is 11.8 Å². The second-order valence-electron chi connectivity index (χ2n) is 5.91. The lowest BCUT2D eigenvalue weighted by atomic mass is 9.96. The molecule has 2 aromatic rings. The molecule has 0 bridgehead atoms. The zero-order chi connectivity index (χ0) is 17.3. The molecule has 0 saturated carbocycles. The van der Waals surface area contributed by atoms with Crippen LogP contribution < -0.4 is 14.9 Å². The number of benzene rings is 1. The van der Waals surface area contributed by atoms with Crippen LogP contribution in [0.4, 0.5) is 11.4 Å². The van der Waals surface area contributed by atoms with Gasteiger partial charge in [0.15, 0.2) is 6.20 Å². The number of anilines is 2. The van der Waals surface area contributed by atoms with Gasteiger partial charge in [-0.3, -0.25) is 14.5 Å². The smallest absolute Gasteiger partial charge is 0.251 e. The molecule has 1 aromatic carbocycles. The number of hydrogen-bond acceptors (Lipinski definition) is 4. The number of hydrogen-bond donors (Lipinski definition) is 1. The summed E-state index contributed by atoms with van der Waals surface area (Å²) < 4.78 is 0.722. The molecule has 7 heteroatoms.